The van der Waals surface area contributed by atoms with Crippen LogP contribution in [0.1, 0.15) is 68.6 Å². The molecule has 0 unspecified atom stereocenters. The average molecular weight is 520 g/mol. The zero-order valence-electron chi connectivity index (χ0n) is 21.1. The van der Waals surface area contributed by atoms with Crippen molar-refractivity contribution in [1.82, 2.24) is 9.88 Å². The van der Waals surface area contributed by atoms with Crippen molar-refractivity contribution in [3.63, 3.8) is 0 Å². The Balaban J connectivity index is 1.36. The monoisotopic (exact) mass is 519 g/mol. The van der Waals surface area contributed by atoms with Gasteiger partial charge in [0.05, 0.1) is 34.9 Å². The Hall–Kier alpha value is -1.81. The zero-order valence-corrected chi connectivity index (χ0v) is 22.8. The van der Waals surface area contributed by atoms with Crippen LogP contribution < -0.4 is 5.32 Å². The molecule has 1 aromatic heterocycles. The standard InChI is InChI=1S/C26H37N3O4S2/c1-5-35(31,32)21-12-8-18(9-13-21)14-23(30)27-26-28-24-22(34-26)16-29(25(24)17(2)3)15-19-6-10-20(33-4)11-7-19/h8-9,12-13,17,19-20,25H,5-7,10-11,14-16H2,1-4H3,(H,27,28,30)/t19-,20-,25-/m0/s1. The molecule has 1 amide bonds. The van der Waals surface area contributed by atoms with E-state index in [9.17, 15) is 13.2 Å². The van der Waals surface area contributed by atoms with Gasteiger partial charge in [0, 0.05) is 25.1 Å². The number of nitrogens with zero attached hydrogens (tertiary/aromatic N) is 2. The highest BCUT2D eigenvalue weighted by molar-refractivity contribution is 7.91. The zero-order chi connectivity index (χ0) is 25.2. The minimum Gasteiger partial charge on any atom is -0.381 e. The summed E-state index contributed by atoms with van der Waals surface area (Å²) in [6.45, 7) is 8.10. The van der Waals surface area contributed by atoms with Gasteiger partial charge >= 0.3 is 0 Å². The molecule has 0 bridgehead atoms. The molecule has 9 heteroatoms. The largest absolute Gasteiger partial charge is 0.381 e. The lowest BCUT2D eigenvalue weighted by Crippen LogP contribution is -2.34. The molecule has 35 heavy (non-hydrogen) atoms. The summed E-state index contributed by atoms with van der Waals surface area (Å²) in [5, 5.41) is 3.61. The molecule has 1 aliphatic heterocycles. The number of sulfone groups is 1. The maximum Gasteiger partial charge on any atom is 0.230 e. The van der Waals surface area contributed by atoms with E-state index in [2.05, 4.69) is 24.1 Å². The van der Waals surface area contributed by atoms with Gasteiger partial charge in [0.25, 0.3) is 0 Å². The average Bonchev–Trinajstić information content (AvgIpc) is 3.36. The normalized spacial score (nSPS) is 22.9. The Labute approximate surface area is 213 Å². The van der Waals surface area contributed by atoms with E-state index in [-0.39, 0.29) is 29.0 Å². The van der Waals surface area contributed by atoms with Crippen LogP contribution in [0.3, 0.4) is 0 Å². The first-order chi connectivity index (χ1) is 16.7. The van der Waals surface area contributed by atoms with Crippen molar-refractivity contribution in [2.45, 2.75) is 76.5 Å². The van der Waals surface area contributed by atoms with Gasteiger partial charge in [0.15, 0.2) is 15.0 Å². The number of methoxy groups -OCH3 is 1. The van der Waals surface area contributed by atoms with E-state index in [0.29, 0.717) is 23.1 Å². The SMILES string of the molecule is CCS(=O)(=O)c1ccc(CC(=O)Nc2nc3c(s2)CN(C[C@H]2CC[C@H](OC)CC2)[C@H]3C(C)C)cc1. The number of benzene rings is 1. The molecule has 0 radical (unpaired) electrons. The van der Waals surface area contributed by atoms with Crippen LogP contribution >= 0.6 is 11.3 Å². The number of aromatic nitrogens is 1. The van der Waals surface area contributed by atoms with Gasteiger partial charge in [0.2, 0.25) is 5.91 Å². The third-order valence-electron chi connectivity index (χ3n) is 7.27. The number of hydrogen-bond acceptors (Lipinski definition) is 7. The molecule has 0 spiro atoms. The molecule has 1 saturated carbocycles. The van der Waals surface area contributed by atoms with E-state index >= 15 is 0 Å². The second kappa shape index (κ2) is 11.1. The van der Waals surface area contributed by atoms with Crippen molar-refractivity contribution in [2.75, 3.05) is 24.7 Å². The second-order valence-corrected chi connectivity index (χ2v) is 13.5. The van der Waals surface area contributed by atoms with Gasteiger partial charge in [-0.05, 0) is 55.2 Å². The fraction of sp³-hybridized carbons (Fsp3) is 0.615. The highest BCUT2D eigenvalue weighted by Crippen LogP contribution is 2.43. The van der Waals surface area contributed by atoms with Crippen molar-refractivity contribution in [3.05, 3.63) is 40.4 Å². The van der Waals surface area contributed by atoms with Crippen LogP contribution in [-0.4, -0.2) is 49.7 Å². The third kappa shape index (κ3) is 6.13. The minimum atomic E-state index is -3.24. The van der Waals surface area contributed by atoms with Crippen LogP contribution in [0.2, 0.25) is 0 Å². The summed E-state index contributed by atoms with van der Waals surface area (Å²) >= 11 is 1.58. The smallest absolute Gasteiger partial charge is 0.230 e. The first-order valence-corrected chi connectivity index (χ1v) is 15.0. The second-order valence-electron chi connectivity index (χ2n) is 10.1. The first-order valence-electron chi connectivity index (χ1n) is 12.6. The summed E-state index contributed by atoms with van der Waals surface area (Å²) in [5.41, 5.74) is 1.89. The highest BCUT2D eigenvalue weighted by atomic mass is 32.2. The van der Waals surface area contributed by atoms with E-state index in [1.165, 1.54) is 17.7 Å². The van der Waals surface area contributed by atoms with Crippen molar-refractivity contribution in [1.29, 1.82) is 0 Å². The summed E-state index contributed by atoms with van der Waals surface area (Å²) in [7, 11) is -1.42. The molecule has 1 aromatic carbocycles. The van der Waals surface area contributed by atoms with Gasteiger partial charge in [-0.25, -0.2) is 13.4 Å². The summed E-state index contributed by atoms with van der Waals surface area (Å²) in [6, 6.07) is 6.83. The molecule has 4 rings (SSSR count). The van der Waals surface area contributed by atoms with Gasteiger partial charge in [0.1, 0.15) is 0 Å². The molecule has 192 valence electrons. The third-order valence-corrected chi connectivity index (χ3v) is 9.99. The van der Waals surface area contributed by atoms with E-state index in [4.69, 9.17) is 9.72 Å². The van der Waals surface area contributed by atoms with Gasteiger partial charge in [-0.3, -0.25) is 9.69 Å². The summed E-state index contributed by atoms with van der Waals surface area (Å²) in [5.74, 6) is 1.06. The number of amides is 1. The number of hydrogen-bond donors (Lipinski definition) is 1. The van der Waals surface area contributed by atoms with Crippen molar-refractivity contribution < 1.29 is 17.9 Å². The number of ether oxygens (including phenoxy) is 1. The summed E-state index contributed by atoms with van der Waals surface area (Å²) in [4.78, 5) is 21.6. The maximum atomic E-state index is 12.7. The Morgan fingerprint density at radius 2 is 1.89 bits per heavy atom. The van der Waals surface area contributed by atoms with Crippen LogP contribution in [0.4, 0.5) is 5.13 Å². The number of anilines is 1. The molecule has 1 N–H and O–H groups in total. The fourth-order valence-corrected chi connectivity index (χ4v) is 7.27. The molecular formula is C26H37N3O4S2. The number of rotatable bonds is 9. The maximum absolute atomic E-state index is 12.7. The predicted molar refractivity (Wildman–Crippen MR) is 139 cm³/mol. The topological polar surface area (TPSA) is 88.6 Å². The van der Waals surface area contributed by atoms with Crippen LogP contribution in [0.15, 0.2) is 29.2 Å². The summed E-state index contributed by atoms with van der Waals surface area (Å²) in [6.07, 6.45) is 5.33. The Bertz CT molecular complexity index is 1120. The molecule has 2 aromatic rings. The lowest BCUT2D eigenvalue weighted by atomic mass is 9.86. The molecule has 0 saturated heterocycles. The predicted octanol–water partition coefficient (Wildman–Crippen LogP) is 4.84. The van der Waals surface area contributed by atoms with E-state index in [1.807, 2.05) is 7.11 Å². The first kappa shape index (κ1) is 26.3. The molecule has 7 nitrogen and oxygen atoms in total. The van der Waals surface area contributed by atoms with E-state index in [0.717, 1.165) is 37.2 Å². The number of carbonyl (C=O) groups is 1. The Morgan fingerprint density at radius 1 is 1.20 bits per heavy atom. The lowest BCUT2D eigenvalue weighted by Gasteiger charge is -2.34. The van der Waals surface area contributed by atoms with E-state index in [1.54, 1.807) is 42.5 Å². The molecular weight excluding hydrogens is 482 g/mol. The van der Waals surface area contributed by atoms with E-state index < -0.39 is 9.84 Å². The lowest BCUT2D eigenvalue weighted by molar-refractivity contribution is -0.115. The van der Waals surface area contributed by atoms with Crippen molar-refractivity contribution in [3.8, 4) is 0 Å². The quantitative estimate of drug-likeness (QED) is 0.510. The summed E-state index contributed by atoms with van der Waals surface area (Å²) < 4.78 is 29.5. The van der Waals surface area contributed by atoms with Gasteiger partial charge in [-0.2, -0.15) is 0 Å². The molecule has 2 heterocycles. The number of fused-ring (bicyclic) bond motifs is 1. The van der Waals surface area contributed by atoms with Crippen LogP contribution in [0.25, 0.3) is 0 Å². The van der Waals surface area contributed by atoms with Gasteiger partial charge in [-0.15, -0.1) is 11.3 Å². The number of thiazole rings is 1. The molecule has 2 aliphatic rings. The Kier molecular flexibility index (Phi) is 8.30. The van der Waals surface area contributed by atoms with Crippen molar-refractivity contribution in [2.24, 2.45) is 11.8 Å². The number of carbonyl (C=O) groups excluding carboxylic acids is 1. The van der Waals surface area contributed by atoms with Crippen LogP contribution in [-0.2, 0) is 32.3 Å². The Morgan fingerprint density at radius 3 is 2.49 bits per heavy atom. The molecule has 1 aliphatic carbocycles. The molecule has 1 atom stereocenters. The van der Waals surface area contributed by atoms with Crippen LogP contribution in [0.5, 0.6) is 0 Å². The highest BCUT2D eigenvalue weighted by Gasteiger charge is 2.37. The van der Waals surface area contributed by atoms with Crippen LogP contribution in [0, 0.1) is 11.8 Å². The van der Waals surface area contributed by atoms with Gasteiger partial charge in [-0.1, -0.05) is 32.9 Å². The van der Waals surface area contributed by atoms with Gasteiger partial charge < -0.3 is 10.1 Å². The van der Waals surface area contributed by atoms with Crippen molar-refractivity contribution >= 4 is 32.2 Å². The fourth-order valence-electron chi connectivity index (χ4n) is 5.34. The molecule has 1 fully saturated rings. The number of nitrogens with one attached hydrogen (secondary N) is 1. The minimum absolute atomic E-state index is 0.0608.